The topological polar surface area (TPSA) is 511 Å². The second-order valence-corrected chi connectivity index (χ2v) is 23.7. The van der Waals surface area contributed by atoms with Crippen molar-refractivity contribution < 1.29 is 63.3 Å². The lowest BCUT2D eigenvalue weighted by Crippen LogP contribution is -2.53. The highest BCUT2D eigenvalue weighted by Crippen LogP contribution is 2.21. The van der Waals surface area contributed by atoms with Gasteiger partial charge in [0.2, 0.25) is 29.5 Å². The van der Waals surface area contributed by atoms with Crippen molar-refractivity contribution in [1.29, 1.82) is 0 Å². The fraction of sp³-hybridized carbons (Fsp3) is 0.703. The highest BCUT2D eigenvalue weighted by Gasteiger charge is 2.35. The largest absolute Gasteiger partial charge is 0.481 e. The summed E-state index contributed by atoms with van der Waals surface area (Å²) in [5.74, 6) is -12.1. The molecular formula is C64H111N15O13. The summed E-state index contributed by atoms with van der Waals surface area (Å²) >= 11 is 0. The van der Waals surface area contributed by atoms with E-state index in [1.165, 1.54) is 58.3 Å². The summed E-state index contributed by atoms with van der Waals surface area (Å²) in [7, 11) is 0. The molecule has 0 radical (unpaired) electrons. The first-order valence-electron chi connectivity index (χ1n) is 32.9. The molecule has 1 aromatic rings. The number of nitrogens with zero attached hydrogens (tertiary/aromatic N) is 3. The zero-order valence-corrected chi connectivity index (χ0v) is 54.6. The van der Waals surface area contributed by atoms with Crippen molar-refractivity contribution in [3.63, 3.8) is 0 Å². The van der Waals surface area contributed by atoms with E-state index in [-0.39, 0.29) is 107 Å². The van der Waals surface area contributed by atoms with Crippen LogP contribution >= 0.6 is 0 Å². The lowest BCUT2D eigenvalue weighted by Gasteiger charge is -2.26. The number of carboxylic acids is 1. The first-order valence-corrected chi connectivity index (χ1v) is 32.9. The molecule has 0 aliphatic heterocycles. The molecule has 5 amide bonds. The standard InChI is InChI=1S/C64H111N15O13/c1-3-4-5-6-7-8-9-10-11-12-13-14-18-30-56(86)75-51(37-44-24-16-15-17-25-44)61(92)78-49(29-23-36-74-64(70)71)54(84)40-47(41-80)60(91)79-52(42-81)55(85)39-46(27-21-34-72-62(66)67)59(90)77-50(31-32-57(87)88)53(83)38-45(26-19-20-33-65)58(89)76-48(43(2)82)28-22-35-73-63(68)69/h15-17,24-25,45-52,80-81H,3-14,18-23,26-42,65H2,1-2H3,(H,75,86)(H,76,89)(H,77,90)(H,78,92)(H,79,91)(H,87,88)(H4,66,67,72)(H4,68,69,73)(H4,70,71,74)/t45-,46-,47+,48+,49+,50+,51+,52+/m1/s1. The van der Waals surface area contributed by atoms with Crippen LogP contribution in [-0.2, 0) is 54.4 Å². The summed E-state index contributed by atoms with van der Waals surface area (Å²) in [5.41, 5.74) is 39.4. The minimum absolute atomic E-state index is 0.0131. The van der Waals surface area contributed by atoms with Gasteiger partial charge < -0.3 is 82.0 Å². The first-order chi connectivity index (χ1) is 44.0. The number of carboxylic acid groups (broad SMARTS) is 1. The number of amides is 5. The van der Waals surface area contributed by atoms with Gasteiger partial charge in [0.25, 0.3) is 0 Å². The number of hydrogen-bond acceptors (Lipinski definition) is 16. The van der Waals surface area contributed by atoms with Crippen LogP contribution in [0.5, 0.6) is 0 Å². The third kappa shape index (κ3) is 39.0. The second-order valence-electron chi connectivity index (χ2n) is 23.7. The Labute approximate surface area is 542 Å². The molecule has 28 nitrogen and oxygen atoms in total. The molecule has 0 saturated carbocycles. The Morgan fingerprint density at radius 2 is 0.848 bits per heavy atom. The van der Waals surface area contributed by atoms with E-state index in [1.54, 1.807) is 30.3 Å². The lowest BCUT2D eigenvalue weighted by atomic mass is 9.89. The third-order valence-electron chi connectivity index (χ3n) is 15.8. The van der Waals surface area contributed by atoms with Gasteiger partial charge in [-0.15, -0.1) is 0 Å². The Balaban J connectivity index is 3.38. The maximum atomic E-state index is 14.3. The van der Waals surface area contributed by atoms with Gasteiger partial charge in [-0.05, 0) is 83.2 Å². The van der Waals surface area contributed by atoms with Crippen LogP contribution in [0, 0.1) is 17.8 Å². The van der Waals surface area contributed by atoms with E-state index in [4.69, 9.17) is 40.1 Å². The smallest absolute Gasteiger partial charge is 0.303 e. The number of nitrogens with two attached hydrogens (primary N) is 7. The number of carbonyl (C=O) groups is 10. The summed E-state index contributed by atoms with van der Waals surface area (Å²) < 4.78 is 0. The number of unbranched alkanes of at least 4 members (excludes halogenated alkanes) is 13. The number of rotatable bonds is 56. The van der Waals surface area contributed by atoms with Crippen molar-refractivity contribution in [3.05, 3.63) is 35.9 Å². The SMILES string of the molecule is CCCCCCCCCCCCCCCC(=O)N[C@@H](Cc1ccccc1)C(=O)N[C@@H](CCCN=C(N)N)C(=O)C[C@@H](CO)C(=O)N[C@@H](CO)C(=O)C[C@@H](CCCN=C(N)N)C(=O)N[C@@H](CCC(=O)O)C(=O)C[C@@H](CCCCN)C(=O)N[C@@H](CCCN=C(N)N)C(C)=O. The highest BCUT2D eigenvalue weighted by molar-refractivity contribution is 5.98. The quantitative estimate of drug-likeness (QED) is 0.0250. The van der Waals surface area contributed by atoms with Crippen LogP contribution < -0.4 is 66.7 Å². The lowest BCUT2D eigenvalue weighted by molar-refractivity contribution is -0.139. The highest BCUT2D eigenvalue weighted by atomic mass is 16.4. The normalized spacial score (nSPS) is 13.7. The fourth-order valence-corrected chi connectivity index (χ4v) is 10.4. The number of carbonyl (C=O) groups excluding carboxylic acids is 9. The average Bonchev–Trinajstić information content (AvgIpc) is 1.09. The van der Waals surface area contributed by atoms with Gasteiger partial charge >= 0.3 is 5.97 Å². The van der Waals surface area contributed by atoms with Crippen LogP contribution in [0.1, 0.15) is 199 Å². The molecule has 0 aliphatic carbocycles. The number of aliphatic carboxylic acids is 1. The Hall–Kier alpha value is -7.59. The maximum absolute atomic E-state index is 14.3. The van der Waals surface area contributed by atoms with E-state index in [0.29, 0.717) is 25.7 Å². The molecule has 92 heavy (non-hydrogen) atoms. The number of aliphatic hydroxyl groups is 2. The fourth-order valence-electron chi connectivity index (χ4n) is 10.4. The number of hydrogen-bond donors (Lipinski definition) is 15. The molecule has 0 bridgehead atoms. The van der Waals surface area contributed by atoms with Crippen molar-refractivity contribution in [3.8, 4) is 0 Å². The number of nitrogens with one attached hydrogen (secondary N) is 5. The predicted molar refractivity (Wildman–Crippen MR) is 354 cm³/mol. The summed E-state index contributed by atoms with van der Waals surface area (Å²) in [5, 5.41) is 44.0. The van der Waals surface area contributed by atoms with E-state index in [2.05, 4.69) is 48.5 Å². The van der Waals surface area contributed by atoms with Gasteiger partial charge in [-0.1, -0.05) is 121 Å². The number of aliphatic imine (C=N–C) groups is 3. The summed E-state index contributed by atoms with van der Waals surface area (Å²) in [6.07, 6.45) is 13.8. The molecule has 1 rings (SSSR count). The molecule has 8 atom stereocenters. The van der Waals surface area contributed by atoms with E-state index < -0.39 is 140 Å². The number of ketones is 4. The Bertz CT molecular complexity index is 2470. The molecule has 0 fully saturated rings. The van der Waals surface area contributed by atoms with Crippen molar-refractivity contribution in [1.82, 2.24) is 26.6 Å². The predicted octanol–water partition coefficient (Wildman–Crippen LogP) is 1.59. The van der Waals surface area contributed by atoms with Crippen molar-refractivity contribution in [2.24, 2.45) is 72.9 Å². The molecule has 0 heterocycles. The minimum Gasteiger partial charge on any atom is -0.481 e. The molecule has 0 unspecified atom stereocenters. The van der Waals surface area contributed by atoms with Crippen LogP contribution in [0.4, 0.5) is 0 Å². The molecule has 1 aromatic carbocycles. The third-order valence-corrected chi connectivity index (χ3v) is 15.8. The van der Waals surface area contributed by atoms with Gasteiger partial charge in [0.05, 0.1) is 37.3 Å². The number of benzene rings is 1. The van der Waals surface area contributed by atoms with Crippen LogP contribution in [-0.4, -0.2) is 161 Å². The first kappa shape index (κ1) is 82.4. The zero-order chi connectivity index (χ0) is 68.6. The van der Waals surface area contributed by atoms with E-state index in [9.17, 15) is 63.3 Å². The van der Waals surface area contributed by atoms with Crippen LogP contribution in [0.15, 0.2) is 45.3 Å². The number of aliphatic hydroxyl groups excluding tert-OH is 2. The summed E-state index contributed by atoms with van der Waals surface area (Å²) in [4.78, 5) is 148. The maximum Gasteiger partial charge on any atom is 0.303 e. The van der Waals surface area contributed by atoms with Crippen LogP contribution in [0.25, 0.3) is 0 Å². The average molecular weight is 1300 g/mol. The van der Waals surface area contributed by atoms with Crippen LogP contribution in [0.3, 0.4) is 0 Å². The van der Waals surface area contributed by atoms with Gasteiger partial charge in [-0.25, -0.2) is 0 Å². The Morgan fingerprint density at radius 3 is 1.32 bits per heavy atom. The number of Topliss-reactive ketones (excluding diaryl/α,β-unsaturated/α-hetero) is 4. The molecule has 28 heteroatoms. The van der Waals surface area contributed by atoms with E-state index in [0.717, 1.165) is 31.2 Å². The van der Waals surface area contributed by atoms with Gasteiger partial charge in [-0.2, -0.15) is 0 Å². The van der Waals surface area contributed by atoms with E-state index >= 15 is 0 Å². The Kier molecular flexibility index (Phi) is 44.8. The molecule has 22 N–H and O–H groups in total. The van der Waals surface area contributed by atoms with Gasteiger partial charge in [0, 0.05) is 70.0 Å². The number of guanidine groups is 3. The molecule has 0 aliphatic rings. The van der Waals surface area contributed by atoms with Gasteiger partial charge in [0.15, 0.2) is 41.0 Å². The van der Waals surface area contributed by atoms with Gasteiger partial charge in [-0.3, -0.25) is 62.9 Å². The molecule has 0 spiro atoms. The van der Waals surface area contributed by atoms with Crippen molar-refractivity contribution in [2.75, 3.05) is 39.4 Å². The van der Waals surface area contributed by atoms with E-state index in [1.807, 2.05) is 0 Å². The summed E-state index contributed by atoms with van der Waals surface area (Å²) in [6.45, 7) is 2.07. The molecular weight excluding hydrogens is 1190 g/mol. The second kappa shape index (κ2) is 50.0. The molecule has 520 valence electrons. The van der Waals surface area contributed by atoms with Crippen LogP contribution in [0.2, 0.25) is 0 Å². The molecule has 0 aromatic heterocycles. The van der Waals surface area contributed by atoms with Crippen molar-refractivity contribution >= 4 is 76.5 Å². The monoisotopic (exact) mass is 1300 g/mol. The Morgan fingerprint density at radius 1 is 0.435 bits per heavy atom. The van der Waals surface area contributed by atoms with Gasteiger partial charge in [0.1, 0.15) is 12.1 Å². The summed E-state index contributed by atoms with van der Waals surface area (Å²) in [6, 6.07) is 2.42. The zero-order valence-electron chi connectivity index (χ0n) is 54.6. The minimum atomic E-state index is -1.71. The van der Waals surface area contributed by atoms with Crippen molar-refractivity contribution in [2.45, 2.75) is 230 Å². The molecule has 0 saturated heterocycles.